The van der Waals surface area contributed by atoms with Gasteiger partial charge in [-0.05, 0) is 69.7 Å². The molecule has 14 amide bonds. The Morgan fingerprint density at radius 2 is 1.38 bits per heavy atom. The first-order valence-electron chi connectivity index (χ1n) is 32.7. The number of nitrogens with zero attached hydrogens (tertiary/aromatic N) is 6. The van der Waals surface area contributed by atoms with E-state index in [1.165, 1.54) is 42.1 Å². The van der Waals surface area contributed by atoms with Crippen molar-refractivity contribution in [1.29, 1.82) is 0 Å². The van der Waals surface area contributed by atoms with Gasteiger partial charge < -0.3 is 94.9 Å². The van der Waals surface area contributed by atoms with E-state index in [1.807, 2.05) is 0 Å². The third-order valence-electron chi connectivity index (χ3n) is 16.6. The number of pyridine rings is 1. The molecule has 2 aliphatic rings. The van der Waals surface area contributed by atoms with Crippen LogP contribution in [0, 0.1) is 0 Å². The summed E-state index contributed by atoms with van der Waals surface area (Å²) in [5.41, 5.74) is 15.5. The van der Waals surface area contributed by atoms with E-state index >= 15 is 0 Å². The lowest BCUT2D eigenvalue weighted by Crippen LogP contribution is -2.57. The lowest BCUT2D eigenvalue weighted by Gasteiger charge is -2.30. The normalized spacial score (nSPS) is 18.7. The minimum absolute atomic E-state index is 0.00324. The van der Waals surface area contributed by atoms with Gasteiger partial charge in [-0.25, -0.2) is 29.7 Å². The van der Waals surface area contributed by atoms with Gasteiger partial charge in [-0.15, -0.1) is 34.0 Å². The summed E-state index contributed by atoms with van der Waals surface area (Å²) >= 11 is 2.67. The monoisotopic (exact) mass is 1530 g/mol. The number of primary amides is 3. The van der Waals surface area contributed by atoms with Crippen LogP contribution in [0.1, 0.15) is 135 Å². The van der Waals surface area contributed by atoms with Crippen molar-refractivity contribution in [1.82, 2.24) is 88.0 Å². The molecule has 8 atom stereocenters. The molecule has 562 valence electrons. The highest BCUT2D eigenvalue weighted by molar-refractivity contribution is 7.13. The number of carboxylic acids is 1. The number of hydrogen-bond acceptors (Lipinski definition) is 25. The lowest BCUT2D eigenvalue weighted by molar-refractivity contribution is -0.145. The SMILES string of the molecule is C=C1NC(=O)C(C)NC(=O)C(CCC(N)=O)NC(=O)c2csc(n2)C(=C)NC(=O)c2csc(n2)C(CO)NC(=O)CNC(=O)C(Cc2c[nH]c3ccccc23)NC(=O)c2ccc(-c3nc(C(=O)NC(C)C(=O)NC(CCC(N)=O)C(=O)N4CCCC4C(=O)NC(CCC(N)=O)C(=O)O)cs3)nc2-c2coc1n2. The molecule has 41 heteroatoms. The molecule has 19 N–H and O–H groups in total. The summed E-state index contributed by atoms with van der Waals surface area (Å²) in [6.45, 7) is 8.84. The minimum atomic E-state index is -1.52. The average molecular weight is 1530 g/mol. The second-order valence-electron chi connectivity index (χ2n) is 24.4. The highest BCUT2D eigenvalue weighted by Crippen LogP contribution is 2.31. The van der Waals surface area contributed by atoms with Crippen LogP contribution in [0.15, 0.2) is 82.6 Å². The largest absolute Gasteiger partial charge is 0.480 e. The van der Waals surface area contributed by atoms with Crippen LogP contribution < -0.4 is 70.4 Å². The van der Waals surface area contributed by atoms with Crippen LogP contribution in [0.5, 0.6) is 0 Å². The zero-order chi connectivity index (χ0) is 77.5. The van der Waals surface area contributed by atoms with Gasteiger partial charge in [-0.2, -0.15) is 0 Å². The average Bonchev–Trinajstić information content (AvgIpc) is 1.65. The number of aliphatic carboxylic acids is 1. The van der Waals surface area contributed by atoms with Crippen molar-refractivity contribution < 1.29 is 86.5 Å². The van der Waals surface area contributed by atoms with Crippen molar-refractivity contribution >= 4 is 145 Å². The van der Waals surface area contributed by atoms with E-state index in [0.717, 1.165) is 45.2 Å². The third-order valence-corrected chi connectivity index (χ3v) is 19.3. The summed E-state index contributed by atoms with van der Waals surface area (Å²) in [6, 6.07) is -1.45. The van der Waals surface area contributed by atoms with Crippen molar-refractivity contribution in [2.24, 2.45) is 17.2 Å². The minimum Gasteiger partial charge on any atom is -0.480 e. The number of amides is 14. The number of thiazole rings is 3. The zero-order valence-electron chi connectivity index (χ0n) is 56.9. The van der Waals surface area contributed by atoms with Crippen LogP contribution in [0.25, 0.3) is 44.4 Å². The van der Waals surface area contributed by atoms with Gasteiger partial charge in [0.25, 0.3) is 23.6 Å². The summed E-state index contributed by atoms with van der Waals surface area (Å²) in [5, 5.41) is 50.1. The number of fused-ring (bicyclic) bond motifs is 9. The number of aromatic amines is 1. The van der Waals surface area contributed by atoms with Crippen LogP contribution in [-0.4, -0.2) is 196 Å². The molecular weight excluding hydrogens is 1460 g/mol. The standard InChI is InChI=1S/C66H72N20O18S3/c1-28-52(92)74-30(3)61-82-42(24-104-61)51-34(11-12-37(77-51)63-84-43(26-106-63)57(97)73-29(2)53(93)79-38(14-17-48(68)89)65(101)86-19-7-10-46(86)60(100)80-39(66(102)103)15-18-49(69)90)54(94)81-40(20-32-21-70-35-9-6-5-8-33(32)35)55(95)71-22-50(91)76-41(23-87)64-85-44(27-107-64)58(98)75-31(4)62-83-45(25-105-62)59(99)78-36(56(96)72-28)13-16-47(67)88/h5-6,8-9,11-12,21,24-29,36,38-41,46,70,87H,3-4,7,10,13-20,22-23H2,1-2H3,(H2,67,88)(H2,68,89)(H2,69,90)(H,71,95)(H,72,96)(H,73,97)(H,74,92)(H,75,98)(H,76,91)(H,78,99)(H,79,93)(H,80,100)(H,81,94)(H,102,103). The number of hydrogen-bond donors (Lipinski definition) is 16. The van der Waals surface area contributed by atoms with Gasteiger partial charge in [0.15, 0.2) is 0 Å². The number of carbonyl (C=O) groups excluding carboxylic acids is 14. The van der Waals surface area contributed by atoms with Crippen molar-refractivity contribution in [3.63, 3.8) is 0 Å². The predicted octanol–water partition coefficient (Wildman–Crippen LogP) is -1.37. The maximum atomic E-state index is 15.0. The summed E-state index contributed by atoms with van der Waals surface area (Å²) in [6.07, 6.45) is 0.714. The molecule has 8 unspecified atom stereocenters. The summed E-state index contributed by atoms with van der Waals surface area (Å²) < 4.78 is 5.79. The summed E-state index contributed by atoms with van der Waals surface area (Å²) in [5.74, 6) is -14.0. The van der Waals surface area contributed by atoms with Crippen LogP contribution in [0.2, 0.25) is 0 Å². The topological polar surface area (TPSA) is 591 Å². The van der Waals surface area contributed by atoms with Crippen LogP contribution in [0.4, 0.5) is 0 Å². The van der Waals surface area contributed by atoms with Crippen LogP contribution in [0.3, 0.4) is 0 Å². The number of aromatic nitrogens is 6. The number of H-pyrrole nitrogens is 1. The fourth-order valence-corrected chi connectivity index (χ4v) is 13.3. The molecule has 0 spiro atoms. The van der Waals surface area contributed by atoms with Gasteiger partial charge >= 0.3 is 5.97 Å². The zero-order valence-corrected chi connectivity index (χ0v) is 59.4. The number of carboxylic acid groups (broad SMARTS) is 1. The van der Waals surface area contributed by atoms with E-state index in [-0.39, 0.29) is 124 Å². The Morgan fingerprint density at radius 1 is 0.692 bits per heavy atom. The first kappa shape index (κ1) is 78.6. The third kappa shape index (κ3) is 20.3. The van der Waals surface area contributed by atoms with E-state index in [1.54, 1.807) is 30.5 Å². The molecule has 107 heavy (non-hydrogen) atoms. The summed E-state index contributed by atoms with van der Waals surface area (Å²) in [7, 11) is 0. The molecule has 7 aromatic rings. The maximum absolute atomic E-state index is 15.0. The van der Waals surface area contributed by atoms with Crippen LogP contribution >= 0.6 is 34.0 Å². The number of rotatable bonds is 21. The quantitative estimate of drug-likeness (QED) is 0.0394. The number of aliphatic hydroxyl groups is 1. The van der Waals surface area contributed by atoms with Crippen molar-refractivity contribution in [2.75, 3.05) is 19.7 Å². The predicted molar refractivity (Wildman–Crippen MR) is 380 cm³/mol. The van der Waals surface area contributed by atoms with Crippen LogP contribution in [-0.2, 0) is 59.2 Å². The second kappa shape index (κ2) is 35.3. The fourth-order valence-electron chi connectivity index (χ4n) is 11.0. The summed E-state index contributed by atoms with van der Waals surface area (Å²) in [4.78, 5) is 227. The Bertz CT molecular complexity index is 4690. The molecule has 0 aliphatic carbocycles. The molecule has 1 fully saturated rings. The van der Waals surface area contributed by atoms with Gasteiger partial charge in [0, 0.05) is 65.5 Å². The van der Waals surface area contributed by atoms with E-state index in [0.29, 0.717) is 22.9 Å². The number of nitrogens with one attached hydrogen (secondary N) is 11. The number of oxazole rings is 1. The number of para-hydroxylation sites is 1. The Labute approximate surface area is 617 Å². The molecule has 0 saturated carbocycles. The number of aliphatic hydroxyl groups excluding tert-OH is 1. The van der Waals surface area contributed by atoms with Gasteiger partial charge in [0.05, 0.1) is 35.8 Å². The molecule has 8 heterocycles. The molecule has 9 rings (SSSR count). The lowest BCUT2D eigenvalue weighted by atomic mass is 10.0. The van der Waals surface area contributed by atoms with Crippen molar-refractivity contribution in [3.05, 3.63) is 122 Å². The Kier molecular flexibility index (Phi) is 26.0. The van der Waals surface area contributed by atoms with Gasteiger partial charge in [-0.1, -0.05) is 31.4 Å². The number of nitrogens with two attached hydrogens (primary N) is 3. The maximum Gasteiger partial charge on any atom is 0.326 e. The molecule has 0 radical (unpaired) electrons. The fraction of sp³-hybridized carbons (Fsp3) is 0.333. The Hall–Kier alpha value is -12.5. The molecule has 6 bridgehead atoms. The van der Waals surface area contributed by atoms with E-state index in [9.17, 15) is 82.1 Å². The van der Waals surface area contributed by atoms with E-state index in [2.05, 4.69) is 91.2 Å². The van der Waals surface area contributed by atoms with E-state index in [4.69, 9.17) is 26.6 Å². The smallest absolute Gasteiger partial charge is 0.326 e. The highest BCUT2D eigenvalue weighted by atomic mass is 32.1. The number of carbonyl (C=O) groups is 15. The molecule has 1 saturated heterocycles. The molecule has 1 aromatic carbocycles. The van der Waals surface area contributed by atoms with Crippen molar-refractivity contribution in [3.8, 4) is 22.1 Å². The molecule has 6 aromatic heterocycles. The van der Waals surface area contributed by atoms with Gasteiger partial charge in [-0.3, -0.25) is 67.1 Å². The Balaban J connectivity index is 0.993. The first-order valence-corrected chi connectivity index (χ1v) is 35.4. The molecule has 2 aliphatic heterocycles. The van der Waals surface area contributed by atoms with Gasteiger partial charge in [0.1, 0.15) is 98.1 Å². The first-order chi connectivity index (χ1) is 50.9. The molecular formula is C66H72N20O18S3. The van der Waals surface area contributed by atoms with E-state index < -0.39 is 157 Å². The highest BCUT2D eigenvalue weighted by Gasteiger charge is 2.40. The molecule has 38 nitrogen and oxygen atoms in total. The van der Waals surface area contributed by atoms with Gasteiger partial charge in [0.2, 0.25) is 65.0 Å². The second-order valence-corrected chi connectivity index (χ2v) is 27.0. The van der Waals surface area contributed by atoms with Crippen molar-refractivity contribution in [2.45, 2.75) is 120 Å². The Morgan fingerprint density at radius 3 is 2.10 bits per heavy atom. The number of benzene rings is 1. The number of likely N-dealkylation sites (tertiary alicyclic amines) is 1.